The van der Waals surface area contributed by atoms with Gasteiger partial charge in [0.1, 0.15) is 0 Å². The van der Waals surface area contributed by atoms with Crippen LogP contribution in [0.2, 0.25) is 0 Å². The van der Waals surface area contributed by atoms with Gasteiger partial charge in [-0.05, 0) is 62.2 Å². The zero-order chi connectivity index (χ0) is 19.8. The molecule has 0 aliphatic rings. The fourth-order valence-corrected chi connectivity index (χ4v) is 2.74. The maximum absolute atomic E-state index is 12.3. The second-order valence-electron chi connectivity index (χ2n) is 6.07. The van der Waals surface area contributed by atoms with Crippen LogP contribution in [0.15, 0.2) is 48.5 Å². The quantitative estimate of drug-likeness (QED) is 0.750. The molecular formula is C21H24N2O4. The summed E-state index contributed by atoms with van der Waals surface area (Å²) >= 11 is 0. The van der Waals surface area contributed by atoms with Gasteiger partial charge in [-0.25, -0.2) is 4.79 Å². The standard InChI is InChI=1S/C21H24N2O4/c1-3-23(4-2)20(25)17-10-8-16(9-11-17)19(24)22-13-12-15-6-5-7-18(14-15)21(26)27/h5-11,14H,3-4,12-13H2,1-2H3,(H,22,24)(H,26,27). The highest BCUT2D eigenvalue weighted by Gasteiger charge is 2.13. The molecule has 0 radical (unpaired) electrons. The number of hydrogen-bond acceptors (Lipinski definition) is 3. The molecule has 0 aromatic heterocycles. The molecule has 6 heteroatoms. The van der Waals surface area contributed by atoms with Crippen LogP contribution >= 0.6 is 0 Å². The molecule has 6 nitrogen and oxygen atoms in total. The number of nitrogens with zero attached hydrogens (tertiary/aromatic N) is 1. The van der Waals surface area contributed by atoms with Crippen molar-refractivity contribution in [1.29, 1.82) is 0 Å². The summed E-state index contributed by atoms with van der Waals surface area (Å²) in [5.41, 5.74) is 2.11. The van der Waals surface area contributed by atoms with Crippen LogP contribution in [0.25, 0.3) is 0 Å². The Hall–Kier alpha value is -3.15. The molecular weight excluding hydrogens is 344 g/mol. The lowest BCUT2D eigenvalue weighted by atomic mass is 10.1. The summed E-state index contributed by atoms with van der Waals surface area (Å²) in [6, 6.07) is 13.2. The van der Waals surface area contributed by atoms with Gasteiger partial charge < -0.3 is 15.3 Å². The summed E-state index contributed by atoms with van der Waals surface area (Å²) in [5.74, 6) is -1.25. The molecule has 0 unspecified atom stereocenters. The van der Waals surface area contributed by atoms with E-state index in [4.69, 9.17) is 5.11 Å². The predicted molar refractivity (Wildman–Crippen MR) is 103 cm³/mol. The van der Waals surface area contributed by atoms with Gasteiger partial charge in [-0.15, -0.1) is 0 Å². The van der Waals surface area contributed by atoms with Crippen molar-refractivity contribution in [2.45, 2.75) is 20.3 Å². The topological polar surface area (TPSA) is 86.7 Å². The zero-order valence-corrected chi connectivity index (χ0v) is 15.6. The second kappa shape index (κ2) is 9.52. The molecule has 2 N–H and O–H groups in total. The van der Waals surface area contributed by atoms with Crippen LogP contribution < -0.4 is 5.32 Å². The molecule has 0 atom stereocenters. The summed E-state index contributed by atoms with van der Waals surface area (Å²) < 4.78 is 0. The Morgan fingerprint density at radius 1 is 0.926 bits per heavy atom. The SMILES string of the molecule is CCN(CC)C(=O)c1ccc(C(=O)NCCc2cccc(C(=O)O)c2)cc1. The van der Waals surface area contributed by atoms with Crippen molar-refractivity contribution in [1.82, 2.24) is 10.2 Å². The van der Waals surface area contributed by atoms with Crippen LogP contribution in [0.3, 0.4) is 0 Å². The van der Waals surface area contributed by atoms with Crippen molar-refractivity contribution in [3.63, 3.8) is 0 Å². The number of carbonyl (C=O) groups is 3. The van der Waals surface area contributed by atoms with Gasteiger partial charge in [0.15, 0.2) is 0 Å². The first-order valence-corrected chi connectivity index (χ1v) is 8.96. The molecule has 0 bridgehead atoms. The lowest BCUT2D eigenvalue weighted by Crippen LogP contribution is -2.30. The van der Waals surface area contributed by atoms with Crippen molar-refractivity contribution in [3.05, 3.63) is 70.8 Å². The second-order valence-corrected chi connectivity index (χ2v) is 6.07. The summed E-state index contributed by atoms with van der Waals surface area (Å²) in [7, 11) is 0. The Morgan fingerprint density at radius 3 is 2.15 bits per heavy atom. The Kier molecular flexibility index (Phi) is 7.11. The highest BCUT2D eigenvalue weighted by molar-refractivity contribution is 5.97. The average Bonchev–Trinajstić information content (AvgIpc) is 2.69. The molecule has 0 saturated carbocycles. The Bertz CT molecular complexity index is 811. The van der Waals surface area contributed by atoms with E-state index in [-0.39, 0.29) is 17.4 Å². The summed E-state index contributed by atoms with van der Waals surface area (Å²) in [6.45, 7) is 5.52. The van der Waals surface area contributed by atoms with Gasteiger partial charge in [0.25, 0.3) is 11.8 Å². The number of carboxylic acids is 1. The Morgan fingerprint density at radius 2 is 1.56 bits per heavy atom. The maximum atomic E-state index is 12.3. The zero-order valence-electron chi connectivity index (χ0n) is 15.6. The van der Waals surface area contributed by atoms with E-state index in [0.29, 0.717) is 37.2 Å². The number of rotatable bonds is 8. The third kappa shape index (κ3) is 5.41. The van der Waals surface area contributed by atoms with Crippen LogP contribution in [0.1, 0.15) is 50.5 Å². The number of hydrogen-bond donors (Lipinski definition) is 2. The van der Waals surface area contributed by atoms with Gasteiger partial charge in [-0.3, -0.25) is 9.59 Å². The van der Waals surface area contributed by atoms with E-state index in [1.807, 2.05) is 19.9 Å². The van der Waals surface area contributed by atoms with Gasteiger partial charge in [0.05, 0.1) is 5.56 Å². The molecule has 142 valence electrons. The number of amides is 2. The van der Waals surface area contributed by atoms with Crippen molar-refractivity contribution in [2.75, 3.05) is 19.6 Å². The van der Waals surface area contributed by atoms with E-state index >= 15 is 0 Å². The highest BCUT2D eigenvalue weighted by atomic mass is 16.4. The van der Waals surface area contributed by atoms with Gasteiger partial charge in [0, 0.05) is 30.8 Å². The number of benzene rings is 2. The van der Waals surface area contributed by atoms with E-state index in [2.05, 4.69) is 5.32 Å². The van der Waals surface area contributed by atoms with E-state index in [1.54, 1.807) is 41.3 Å². The minimum Gasteiger partial charge on any atom is -0.478 e. The highest BCUT2D eigenvalue weighted by Crippen LogP contribution is 2.09. The van der Waals surface area contributed by atoms with Crippen LogP contribution in [0, 0.1) is 0 Å². The lowest BCUT2D eigenvalue weighted by Gasteiger charge is -2.18. The molecule has 2 rings (SSSR count). The number of nitrogens with one attached hydrogen (secondary N) is 1. The minimum atomic E-state index is -0.972. The first kappa shape index (κ1) is 20.2. The van der Waals surface area contributed by atoms with E-state index in [1.165, 1.54) is 6.07 Å². The first-order valence-electron chi connectivity index (χ1n) is 8.96. The summed E-state index contributed by atoms with van der Waals surface area (Å²) in [5, 5.41) is 11.8. The van der Waals surface area contributed by atoms with Crippen molar-refractivity contribution in [2.24, 2.45) is 0 Å². The molecule has 2 aromatic rings. The average molecular weight is 368 g/mol. The van der Waals surface area contributed by atoms with Gasteiger partial charge >= 0.3 is 5.97 Å². The molecule has 0 aliphatic carbocycles. The van der Waals surface area contributed by atoms with E-state index < -0.39 is 5.97 Å². The maximum Gasteiger partial charge on any atom is 0.335 e. The van der Waals surface area contributed by atoms with Crippen LogP contribution in [-0.4, -0.2) is 47.4 Å². The van der Waals surface area contributed by atoms with Crippen molar-refractivity contribution < 1.29 is 19.5 Å². The molecule has 0 saturated heterocycles. The third-order valence-electron chi connectivity index (χ3n) is 4.32. The number of carboxylic acid groups (broad SMARTS) is 1. The molecule has 0 heterocycles. The van der Waals surface area contributed by atoms with Crippen LogP contribution in [0.4, 0.5) is 0 Å². The molecule has 27 heavy (non-hydrogen) atoms. The smallest absolute Gasteiger partial charge is 0.335 e. The van der Waals surface area contributed by atoms with Gasteiger partial charge in [-0.1, -0.05) is 12.1 Å². The number of aromatic carboxylic acids is 1. The molecule has 2 amide bonds. The van der Waals surface area contributed by atoms with Gasteiger partial charge in [0.2, 0.25) is 0 Å². The Balaban J connectivity index is 1.92. The molecule has 0 aliphatic heterocycles. The molecule has 0 spiro atoms. The van der Waals surface area contributed by atoms with Crippen molar-refractivity contribution >= 4 is 17.8 Å². The third-order valence-corrected chi connectivity index (χ3v) is 4.32. The van der Waals surface area contributed by atoms with Gasteiger partial charge in [-0.2, -0.15) is 0 Å². The van der Waals surface area contributed by atoms with Crippen molar-refractivity contribution in [3.8, 4) is 0 Å². The summed E-state index contributed by atoms with van der Waals surface area (Å²) in [6.07, 6.45) is 0.533. The lowest BCUT2D eigenvalue weighted by molar-refractivity contribution is 0.0695. The molecule has 2 aromatic carbocycles. The number of carbonyl (C=O) groups excluding carboxylic acids is 2. The largest absolute Gasteiger partial charge is 0.478 e. The first-order chi connectivity index (χ1) is 13.0. The minimum absolute atomic E-state index is 0.0507. The van der Waals surface area contributed by atoms with Crippen LogP contribution in [0.5, 0.6) is 0 Å². The predicted octanol–water partition coefficient (Wildman–Crippen LogP) is 2.84. The normalized spacial score (nSPS) is 10.3. The fraction of sp³-hybridized carbons (Fsp3) is 0.286. The van der Waals surface area contributed by atoms with Crippen LogP contribution in [-0.2, 0) is 6.42 Å². The summed E-state index contributed by atoms with van der Waals surface area (Å²) in [4.78, 5) is 37.2. The monoisotopic (exact) mass is 368 g/mol. The molecule has 0 fully saturated rings. The fourth-order valence-electron chi connectivity index (χ4n) is 2.74. The Labute approximate surface area is 158 Å². The van der Waals surface area contributed by atoms with E-state index in [0.717, 1.165) is 5.56 Å². The van der Waals surface area contributed by atoms with E-state index in [9.17, 15) is 14.4 Å².